The van der Waals surface area contributed by atoms with Gasteiger partial charge in [0.25, 0.3) is 0 Å². The molecule has 2 N–H and O–H groups in total. The first-order valence-corrected chi connectivity index (χ1v) is 6.86. The first-order valence-electron chi connectivity index (χ1n) is 6.86. The number of nitrogens with one attached hydrogen (secondary N) is 2. The molecule has 1 aromatic rings. The van der Waals surface area contributed by atoms with Crippen LogP contribution in [0.4, 0.5) is 0 Å². The van der Waals surface area contributed by atoms with Gasteiger partial charge in [-0.1, -0.05) is 12.1 Å². The Hall–Kier alpha value is -1.55. The molecule has 0 spiro atoms. The molecular weight excluding hydrogens is 240 g/mol. The van der Waals surface area contributed by atoms with E-state index in [1.54, 1.807) is 0 Å². The molecule has 0 radical (unpaired) electrons. The van der Waals surface area contributed by atoms with Crippen molar-refractivity contribution >= 4 is 5.91 Å². The Labute approximate surface area is 114 Å². The van der Waals surface area contributed by atoms with Crippen LogP contribution in [0.5, 0.6) is 5.75 Å². The summed E-state index contributed by atoms with van der Waals surface area (Å²) in [4.78, 5) is 11.7. The summed E-state index contributed by atoms with van der Waals surface area (Å²) in [5, 5.41) is 6.24. The quantitative estimate of drug-likeness (QED) is 0.846. The number of ether oxygens (including phenoxy) is 1. The second-order valence-corrected chi connectivity index (χ2v) is 5.05. The molecular formula is C15H22N2O2. The smallest absolute Gasteiger partial charge is 0.223 e. The van der Waals surface area contributed by atoms with Gasteiger partial charge in [0.2, 0.25) is 5.91 Å². The van der Waals surface area contributed by atoms with E-state index in [1.165, 1.54) is 5.56 Å². The summed E-state index contributed by atoms with van der Waals surface area (Å²) in [5.41, 5.74) is 2.35. The van der Waals surface area contributed by atoms with E-state index in [0.29, 0.717) is 13.0 Å². The zero-order valence-electron chi connectivity index (χ0n) is 11.7. The molecule has 1 aromatic carbocycles. The van der Waals surface area contributed by atoms with Crippen LogP contribution in [0, 0.1) is 13.8 Å². The van der Waals surface area contributed by atoms with E-state index >= 15 is 0 Å². The van der Waals surface area contributed by atoms with Crippen LogP contribution in [0.3, 0.4) is 0 Å². The summed E-state index contributed by atoms with van der Waals surface area (Å²) in [6.45, 7) is 6.39. The van der Waals surface area contributed by atoms with Crippen molar-refractivity contribution in [3.05, 3.63) is 29.3 Å². The van der Waals surface area contributed by atoms with Crippen molar-refractivity contribution in [1.29, 1.82) is 0 Å². The molecule has 0 bridgehead atoms. The third-order valence-electron chi connectivity index (χ3n) is 3.57. The average molecular weight is 262 g/mol. The molecule has 19 heavy (non-hydrogen) atoms. The zero-order valence-corrected chi connectivity index (χ0v) is 11.7. The lowest BCUT2D eigenvalue weighted by Crippen LogP contribution is -2.36. The van der Waals surface area contributed by atoms with Gasteiger partial charge in [0.1, 0.15) is 5.75 Å². The van der Waals surface area contributed by atoms with Gasteiger partial charge in [0, 0.05) is 12.6 Å². The van der Waals surface area contributed by atoms with E-state index < -0.39 is 0 Å². The van der Waals surface area contributed by atoms with E-state index in [9.17, 15) is 4.79 Å². The molecule has 0 aliphatic carbocycles. The third-order valence-corrected chi connectivity index (χ3v) is 3.57. The summed E-state index contributed by atoms with van der Waals surface area (Å²) < 4.78 is 5.68. The molecule has 1 aliphatic heterocycles. The Kier molecular flexibility index (Phi) is 4.80. The van der Waals surface area contributed by atoms with Crippen molar-refractivity contribution in [1.82, 2.24) is 10.6 Å². The molecule has 0 aromatic heterocycles. The SMILES string of the molecule is Cc1cccc(OCCC(=O)NC2CCNC2)c1C. The van der Waals surface area contributed by atoms with Crippen molar-refractivity contribution < 1.29 is 9.53 Å². The minimum absolute atomic E-state index is 0.0685. The van der Waals surface area contributed by atoms with Crippen molar-refractivity contribution in [3.8, 4) is 5.75 Å². The summed E-state index contributed by atoms with van der Waals surface area (Å²) in [7, 11) is 0. The van der Waals surface area contributed by atoms with E-state index in [2.05, 4.69) is 23.6 Å². The van der Waals surface area contributed by atoms with E-state index in [1.807, 2.05) is 19.1 Å². The van der Waals surface area contributed by atoms with Gasteiger partial charge in [-0.25, -0.2) is 0 Å². The van der Waals surface area contributed by atoms with Crippen LogP contribution in [0.2, 0.25) is 0 Å². The lowest BCUT2D eigenvalue weighted by molar-refractivity contribution is -0.122. The highest BCUT2D eigenvalue weighted by Crippen LogP contribution is 2.20. The first-order chi connectivity index (χ1) is 9.16. The second kappa shape index (κ2) is 6.57. The largest absolute Gasteiger partial charge is 0.493 e. The molecule has 2 rings (SSSR count). The Morgan fingerprint density at radius 3 is 3.05 bits per heavy atom. The van der Waals surface area contributed by atoms with Crippen LogP contribution < -0.4 is 15.4 Å². The highest BCUT2D eigenvalue weighted by molar-refractivity contribution is 5.76. The molecule has 0 saturated carbocycles. The minimum Gasteiger partial charge on any atom is -0.493 e. The normalized spacial score (nSPS) is 18.3. The number of rotatable bonds is 5. The summed E-state index contributed by atoms with van der Waals surface area (Å²) in [6, 6.07) is 6.26. The van der Waals surface area contributed by atoms with Crippen LogP contribution >= 0.6 is 0 Å². The molecule has 1 fully saturated rings. The maximum atomic E-state index is 11.7. The van der Waals surface area contributed by atoms with E-state index in [0.717, 1.165) is 30.8 Å². The standard InChI is InChI=1S/C15H22N2O2/c1-11-4-3-5-14(12(11)2)19-9-7-15(18)17-13-6-8-16-10-13/h3-5,13,16H,6-10H2,1-2H3,(H,17,18). The Balaban J connectivity index is 1.73. The monoisotopic (exact) mass is 262 g/mol. The zero-order chi connectivity index (χ0) is 13.7. The first kappa shape index (κ1) is 13.9. The van der Waals surface area contributed by atoms with Crippen molar-refractivity contribution in [2.45, 2.75) is 32.7 Å². The second-order valence-electron chi connectivity index (χ2n) is 5.05. The molecule has 1 unspecified atom stereocenters. The van der Waals surface area contributed by atoms with Gasteiger partial charge in [-0.15, -0.1) is 0 Å². The number of aryl methyl sites for hydroxylation is 1. The van der Waals surface area contributed by atoms with Crippen LogP contribution in [0.1, 0.15) is 24.0 Å². The molecule has 4 nitrogen and oxygen atoms in total. The highest BCUT2D eigenvalue weighted by atomic mass is 16.5. The number of carbonyl (C=O) groups is 1. The molecule has 4 heteroatoms. The Morgan fingerprint density at radius 1 is 1.47 bits per heavy atom. The van der Waals surface area contributed by atoms with Crippen molar-refractivity contribution in [3.63, 3.8) is 0 Å². The molecule has 1 saturated heterocycles. The predicted molar refractivity (Wildman–Crippen MR) is 75.4 cm³/mol. The molecule has 1 heterocycles. The number of benzene rings is 1. The number of amides is 1. The maximum Gasteiger partial charge on any atom is 0.223 e. The summed E-state index contributed by atoms with van der Waals surface area (Å²) >= 11 is 0. The number of hydrogen-bond acceptors (Lipinski definition) is 3. The van der Waals surface area contributed by atoms with Crippen LogP contribution in [-0.4, -0.2) is 31.6 Å². The number of hydrogen-bond donors (Lipinski definition) is 2. The fourth-order valence-corrected chi connectivity index (χ4v) is 2.21. The lowest BCUT2D eigenvalue weighted by atomic mass is 10.1. The van der Waals surface area contributed by atoms with Gasteiger partial charge in [0.15, 0.2) is 0 Å². The molecule has 104 valence electrons. The molecule has 1 amide bonds. The van der Waals surface area contributed by atoms with Crippen molar-refractivity contribution in [2.75, 3.05) is 19.7 Å². The fourth-order valence-electron chi connectivity index (χ4n) is 2.21. The minimum atomic E-state index is 0.0685. The third kappa shape index (κ3) is 3.96. The van der Waals surface area contributed by atoms with Gasteiger partial charge < -0.3 is 15.4 Å². The van der Waals surface area contributed by atoms with Gasteiger partial charge in [0.05, 0.1) is 13.0 Å². The van der Waals surface area contributed by atoms with Gasteiger partial charge >= 0.3 is 0 Å². The summed E-state index contributed by atoms with van der Waals surface area (Å²) in [5.74, 6) is 0.939. The molecule has 1 aliphatic rings. The van der Waals surface area contributed by atoms with Crippen molar-refractivity contribution in [2.24, 2.45) is 0 Å². The van der Waals surface area contributed by atoms with E-state index in [4.69, 9.17) is 4.74 Å². The Morgan fingerprint density at radius 2 is 2.32 bits per heavy atom. The van der Waals surface area contributed by atoms with Crippen LogP contribution in [-0.2, 0) is 4.79 Å². The predicted octanol–water partition coefficient (Wildman–Crippen LogP) is 1.55. The van der Waals surface area contributed by atoms with Crippen LogP contribution in [0.15, 0.2) is 18.2 Å². The summed E-state index contributed by atoms with van der Waals surface area (Å²) in [6.07, 6.45) is 1.42. The van der Waals surface area contributed by atoms with Gasteiger partial charge in [-0.2, -0.15) is 0 Å². The molecule has 1 atom stereocenters. The van der Waals surface area contributed by atoms with Gasteiger partial charge in [-0.3, -0.25) is 4.79 Å². The maximum absolute atomic E-state index is 11.7. The topological polar surface area (TPSA) is 50.4 Å². The highest BCUT2D eigenvalue weighted by Gasteiger charge is 2.16. The fraction of sp³-hybridized carbons (Fsp3) is 0.533. The lowest BCUT2D eigenvalue weighted by Gasteiger charge is -2.13. The Bertz CT molecular complexity index is 440. The van der Waals surface area contributed by atoms with Crippen LogP contribution in [0.25, 0.3) is 0 Å². The number of carbonyl (C=O) groups excluding carboxylic acids is 1. The average Bonchev–Trinajstić information content (AvgIpc) is 2.87. The van der Waals surface area contributed by atoms with Gasteiger partial charge in [-0.05, 0) is 44.0 Å². The van der Waals surface area contributed by atoms with E-state index in [-0.39, 0.29) is 11.9 Å².